The molecule has 1 aliphatic carbocycles. The summed E-state index contributed by atoms with van der Waals surface area (Å²) in [6.07, 6.45) is 31.1. The number of hydrogen-bond donors (Lipinski definition) is 1. The first-order valence-corrected chi connectivity index (χ1v) is 17.7. The van der Waals surface area contributed by atoms with Gasteiger partial charge in [0.1, 0.15) is 0 Å². The Bertz CT molecular complexity index is 489. The maximum absolute atomic E-state index is 10.7. The number of methoxy groups -OCH3 is 1. The van der Waals surface area contributed by atoms with Gasteiger partial charge < -0.3 is 14.6 Å². The molecular formula is C35H71NO3. The third kappa shape index (κ3) is 21.2. The summed E-state index contributed by atoms with van der Waals surface area (Å²) in [6.45, 7) is 9.71. The van der Waals surface area contributed by atoms with Gasteiger partial charge in [0.25, 0.3) is 0 Å². The van der Waals surface area contributed by atoms with E-state index in [1.807, 2.05) is 0 Å². The minimum Gasteiger partial charge on any atom is -0.391 e. The quantitative estimate of drug-likeness (QED) is 0.0936. The van der Waals surface area contributed by atoms with Gasteiger partial charge in [0, 0.05) is 33.0 Å². The van der Waals surface area contributed by atoms with Crippen molar-refractivity contribution < 1.29 is 14.6 Å². The standard InChI is InChI=1S/C35H71NO3/c1-4-6-8-10-11-17-25-33(24-16-9-7-5-2)32-39-31-23-15-13-21-29-36(28-20-12-14-22-30-38-3)34-26-18-19-27-35(34)37/h33-35,37H,4-32H2,1-3H3. The van der Waals surface area contributed by atoms with Crippen LogP contribution >= 0.6 is 0 Å². The van der Waals surface area contributed by atoms with E-state index in [2.05, 4.69) is 18.7 Å². The molecule has 0 aromatic carbocycles. The number of rotatable bonds is 29. The van der Waals surface area contributed by atoms with E-state index >= 15 is 0 Å². The Labute approximate surface area is 245 Å². The minimum absolute atomic E-state index is 0.119. The fraction of sp³-hybridized carbons (Fsp3) is 1.00. The van der Waals surface area contributed by atoms with E-state index in [0.29, 0.717) is 6.04 Å². The largest absolute Gasteiger partial charge is 0.391 e. The Morgan fingerprint density at radius 3 is 1.77 bits per heavy atom. The third-order valence-electron chi connectivity index (χ3n) is 8.98. The Hall–Kier alpha value is -0.160. The van der Waals surface area contributed by atoms with Crippen molar-refractivity contribution in [3.63, 3.8) is 0 Å². The molecule has 3 atom stereocenters. The maximum Gasteiger partial charge on any atom is 0.0695 e. The molecular weight excluding hydrogens is 482 g/mol. The predicted molar refractivity (Wildman–Crippen MR) is 170 cm³/mol. The number of aliphatic hydroxyl groups is 1. The lowest BCUT2D eigenvalue weighted by Gasteiger charge is -2.38. The van der Waals surface area contributed by atoms with Gasteiger partial charge in [-0.25, -0.2) is 0 Å². The van der Waals surface area contributed by atoms with Crippen molar-refractivity contribution in [2.45, 2.75) is 180 Å². The highest BCUT2D eigenvalue weighted by atomic mass is 16.5. The number of ether oxygens (including phenoxy) is 2. The Morgan fingerprint density at radius 2 is 1.15 bits per heavy atom. The van der Waals surface area contributed by atoms with Crippen LogP contribution in [0.5, 0.6) is 0 Å². The van der Waals surface area contributed by atoms with Crippen molar-refractivity contribution in [1.82, 2.24) is 4.90 Å². The van der Waals surface area contributed by atoms with Crippen molar-refractivity contribution in [2.24, 2.45) is 5.92 Å². The second-order valence-corrected chi connectivity index (χ2v) is 12.6. The summed E-state index contributed by atoms with van der Waals surface area (Å²) in [5, 5.41) is 10.7. The molecule has 0 radical (unpaired) electrons. The van der Waals surface area contributed by atoms with Crippen LogP contribution in [0.4, 0.5) is 0 Å². The van der Waals surface area contributed by atoms with Crippen LogP contribution in [0.3, 0.4) is 0 Å². The number of aliphatic hydroxyl groups excluding tert-OH is 1. The molecule has 0 amide bonds. The van der Waals surface area contributed by atoms with Gasteiger partial charge in [-0.3, -0.25) is 4.90 Å². The van der Waals surface area contributed by atoms with Crippen LogP contribution in [0.1, 0.15) is 168 Å². The van der Waals surface area contributed by atoms with Gasteiger partial charge in [-0.05, 0) is 70.4 Å². The molecule has 3 unspecified atom stereocenters. The van der Waals surface area contributed by atoms with Gasteiger partial charge in [-0.2, -0.15) is 0 Å². The summed E-state index contributed by atoms with van der Waals surface area (Å²) < 4.78 is 11.4. The highest BCUT2D eigenvalue weighted by molar-refractivity contribution is 4.83. The van der Waals surface area contributed by atoms with E-state index in [9.17, 15) is 5.11 Å². The van der Waals surface area contributed by atoms with Crippen molar-refractivity contribution in [1.29, 1.82) is 0 Å². The highest BCUT2D eigenvalue weighted by Crippen LogP contribution is 2.24. The second kappa shape index (κ2) is 28.0. The fourth-order valence-electron chi connectivity index (χ4n) is 6.38. The Kier molecular flexibility index (Phi) is 26.5. The number of nitrogens with zero attached hydrogens (tertiary/aromatic N) is 1. The Morgan fingerprint density at radius 1 is 0.641 bits per heavy atom. The summed E-state index contributed by atoms with van der Waals surface area (Å²) in [6, 6.07) is 0.391. The number of unbranched alkanes of at least 4 members (excludes halogenated alkanes) is 14. The highest BCUT2D eigenvalue weighted by Gasteiger charge is 2.28. The fourth-order valence-corrected chi connectivity index (χ4v) is 6.38. The second-order valence-electron chi connectivity index (χ2n) is 12.6. The van der Waals surface area contributed by atoms with Gasteiger partial charge in [-0.15, -0.1) is 0 Å². The zero-order valence-corrected chi connectivity index (χ0v) is 26.9. The van der Waals surface area contributed by atoms with E-state index in [1.165, 1.54) is 148 Å². The molecule has 39 heavy (non-hydrogen) atoms. The van der Waals surface area contributed by atoms with E-state index in [1.54, 1.807) is 7.11 Å². The van der Waals surface area contributed by atoms with Crippen molar-refractivity contribution in [3.05, 3.63) is 0 Å². The van der Waals surface area contributed by atoms with Crippen LogP contribution in [0.25, 0.3) is 0 Å². The first-order valence-electron chi connectivity index (χ1n) is 17.7. The van der Waals surface area contributed by atoms with E-state index in [4.69, 9.17) is 9.47 Å². The van der Waals surface area contributed by atoms with Crippen molar-refractivity contribution in [3.8, 4) is 0 Å². The normalized spacial score (nSPS) is 18.7. The molecule has 0 saturated heterocycles. The van der Waals surface area contributed by atoms with Crippen LogP contribution in [0.2, 0.25) is 0 Å². The molecule has 0 spiro atoms. The first kappa shape index (κ1) is 36.9. The molecule has 0 heterocycles. The zero-order valence-electron chi connectivity index (χ0n) is 26.9. The van der Waals surface area contributed by atoms with Crippen molar-refractivity contribution >= 4 is 0 Å². The van der Waals surface area contributed by atoms with Gasteiger partial charge >= 0.3 is 0 Å². The Balaban J connectivity index is 2.22. The molecule has 4 heteroatoms. The van der Waals surface area contributed by atoms with Gasteiger partial charge in [0.15, 0.2) is 0 Å². The molecule has 0 aliphatic heterocycles. The molecule has 1 N–H and O–H groups in total. The summed E-state index contributed by atoms with van der Waals surface area (Å²) in [4.78, 5) is 2.64. The molecule has 1 fully saturated rings. The lowest BCUT2D eigenvalue weighted by Crippen LogP contribution is -2.46. The van der Waals surface area contributed by atoms with E-state index in [0.717, 1.165) is 45.2 Å². The van der Waals surface area contributed by atoms with Crippen molar-refractivity contribution in [2.75, 3.05) is 40.0 Å². The molecule has 1 rings (SSSR count). The number of hydrogen-bond acceptors (Lipinski definition) is 4. The van der Waals surface area contributed by atoms with Crippen LogP contribution in [-0.4, -0.2) is 62.2 Å². The van der Waals surface area contributed by atoms with Crippen LogP contribution < -0.4 is 0 Å². The van der Waals surface area contributed by atoms with Gasteiger partial charge in [0.2, 0.25) is 0 Å². The van der Waals surface area contributed by atoms with Gasteiger partial charge in [-0.1, -0.05) is 117 Å². The van der Waals surface area contributed by atoms with Crippen LogP contribution in [0, 0.1) is 5.92 Å². The molecule has 234 valence electrons. The van der Waals surface area contributed by atoms with E-state index in [-0.39, 0.29) is 6.10 Å². The summed E-state index contributed by atoms with van der Waals surface area (Å²) >= 11 is 0. The molecule has 1 saturated carbocycles. The summed E-state index contributed by atoms with van der Waals surface area (Å²) in [5.41, 5.74) is 0. The topological polar surface area (TPSA) is 41.9 Å². The molecule has 0 aromatic heterocycles. The smallest absolute Gasteiger partial charge is 0.0695 e. The molecule has 4 nitrogen and oxygen atoms in total. The SMILES string of the molecule is CCCCCCCCC(CCCCCC)COCCCCCCN(CCCCCCOC)C1CCCCC1O. The average Bonchev–Trinajstić information content (AvgIpc) is 2.95. The summed E-state index contributed by atoms with van der Waals surface area (Å²) in [7, 11) is 1.79. The summed E-state index contributed by atoms with van der Waals surface area (Å²) in [5.74, 6) is 0.776. The van der Waals surface area contributed by atoms with Crippen LogP contribution in [-0.2, 0) is 9.47 Å². The predicted octanol–water partition coefficient (Wildman–Crippen LogP) is 9.71. The van der Waals surface area contributed by atoms with Gasteiger partial charge in [0.05, 0.1) is 6.10 Å². The maximum atomic E-state index is 10.7. The monoisotopic (exact) mass is 554 g/mol. The van der Waals surface area contributed by atoms with Crippen LogP contribution in [0.15, 0.2) is 0 Å². The zero-order chi connectivity index (χ0) is 28.2. The van der Waals surface area contributed by atoms with E-state index < -0.39 is 0 Å². The minimum atomic E-state index is -0.119. The molecule has 0 bridgehead atoms. The first-order chi connectivity index (χ1) is 19.2. The molecule has 1 aliphatic rings. The lowest BCUT2D eigenvalue weighted by atomic mass is 9.91. The molecule has 0 aromatic rings. The lowest BCUT2D eigenvalue weighted by molar-refractivity contribution is 0.0178. The third-order valence-corrected chi connectivity index (χ3v) is 8.98. The average molecular weight is 554 g/mol.